The molecule has 0 fully saturated rings. The molecule has 2 rings (SSSR count). The minimum Gasteiger partial charge on any atom is -0.360 e. The average Bonchev–Trinajstić information content (AvgIpc) is 2.67. The highest BCUT2D eigenvalue weighted by molar-refractivity contribution is 7.18. The van der Waals surface area contributed by atoms with Crippen LogP contribution in [0.5, 0.6) is 0 Å². The van der Waals surface area contributed by atoms with E-state index in [-0.39, 0.29) is 0 Å². The van der Waals surface area contributed by atoms with E-state index in [1.54, 1.807) is 11.3 Å². The van der Waals surface area contributed by atoms with Gasteiger partial charge in [0.25, 0.3) is 0 Å². The summed E-state index contributed by atoms with van der Waals surface area (Å²) in [6.07, 6.45) is 0. The molecule has 4 heteroatoms. The van der Waals surface area contributed by atoms with Crippen molar-refractivity contribution in [2.45, 2.75) is 13.8 Å². The topological polar surface area (TPSA) is 37.8 Å². The number of benzene rings is 1. The van der Waals surface area contributed by atoms with Gasteiger partial charge in [-0.15, -0.1) is 10.2 Å². The second-order valence-electron chi connectivity index (χ2n) is 3.31. The van der Waals surface area contributed by atoms with E-state index in [0.29, 0.717) is 0 Å². The number of nitrogens with zero attached hydrogens (tertiary/aromatic N) is 2. The minimum atomic E-state index is 0.877. The lowest BCUT2D eigenvalue weighted by Gasteiger charge is -1.96. The maximum absolute atomic E-state index is 4.15. The van der Waals surface area contributed by atoms with Crippen LogP contribution in [0.3, 0.4) is 0 Å². The summed E-state index contributed by atoms with van der Waals surface area (Å²) >= 11 is 1.59. The van der Waals surface area contributed by atoms with Crippen LogP contribution in [-0.4, -0.2) is 16.7 Å². The molecule has 3 nitrogen and oxygen atoms in total. The second-order valence-corrected chi connectivity index (χ2v) is 4.29. The molecular weight excluding hydrogens is 206 g/mol. The molecule has 1 aromatic heterocycles. The molecule has 0 saturated carbocycles. The Bertz CT molecular complexity index is 451. The number of anilines is 1. The quantitative estimate of drug-likeness (QED) is 0.862. The molecule has 2 aromatic rings. The van der Waals surface area contributed by atoms with Crippen LogP contribution in [0.2, 0.25) is 0 Å². The van der Waals surface area contributed by atoms with Crippen LogP contribution in [0.1, 0.15) is 12.5 Å². The van der Waals surface area contributed by atoms with E-state index < -0.39 is 0 Å². The first-order chi connectivity index (χ1) is 7.29. The van der Waals surface area contributed by atoms with E-state index in [1.165, 1.54) is 5.56 Å². The zero-order chi connectivity index (χ0) is 10.7. The maximum atomic E-state index is 4.15. The smallest absolute Gasteiger partial charge is 0.205 e. The van der Waals surface area contributed by atoms with Crippen LogP contribution in [0.4, 0.5) is 5.13 Å². The lowest BCUT2D eigenvalue weighted by Crippen LogP contribution is -1.94. The molecule has 1 aromatic carbocycles. The molecule has 1 heterocycles. The first kappa shape index (κ1) is 10.1. The summed E-state index contributed by atoms with van der Waals surface area (Å²) in [7, 11) is 0. The second kappa shape index (κ2) is 4.40. The number of hydrogen-bond acceptors (Lipinski definition) is 4. The average molecular weight is 219 g/mol. The van der Waals surface area contributed by atoms with Gasteiger partial charge < -0.3 is 5.32 Å². The monoisotopic (exact) mass is 219 g/mol. The molecule has 78 valence electrons. The van der Waals surface area contributed by atoms with E-state index >= 15 is 0 Å². The number of nitrogens with one attached hydrogen (secondary N) is 1. The third kappa shape index (κ3) is 2.33. The van der Waals surface area contributed by atoms with Crippen molar-refractivity contribution in [2.24, 2.45) is 0 Å². The first-order valence-electron chi connectivity index (χ1n) is 4.94. The lowest BCUT2D eigenvalue weighted by atomic mass is 10.1. The van der Waals surface area contributed by atoms with Crippen molar-refractivity contribution in [3.63, 3.8) is 0 Å². The van der Waals surface area contributed by atoms with E-state index in [0.717, 1.165) is 22.2 Å². The van der Waals surface area contributed by atoms with Gasteiger partial charge in [0.1, 0.15) is 5.01 Å². The van der Waals surface area contributed by atoms with Gasteiger partial charge in [0.15, 0.2) is 0 Å². The van der Waals surface area contributed by atoms with Crippen molar-refractivity contribution in [1.29, 1.82) is 0 Å². The Balaban J connectivity index is 2.29. The summed E-state index contributed by atoms with van der Waals surface area (Å²) in [5.74, 6) is 0. The highest BCUT2D eigenvalue weighted by Crippen LogP contribution is 2.26. The Morgan fingerprint density at radius 3 is 2.93 bits per heavy atom. The molecule has 0 spiro atoms. The van der Waals surface area contributed by atoms with Gasteiger partial charge in [-0.2, -0.15) is 0 Å². The fourth-order valence-corrected chi connectivity index (χ4v) is 2.15. The van der Waals surface area contributed by atoms with Crippen molar-refractivity contribution >= 4 is 16.5 Å². The zero-order valence-electron chi connectivity index (χ0n) is 8.82. The number of aromatic nitrogens is 2. The Kier molecular flexibility index (Phi) is 2.97. The molecule has 0 unspecified atom stereocenters. The third-order valence-corrected chi connectivity index (χ3v) is 2.95. The van der Waals surface area contributed by atoms with Crippen molar-refractivity contribution in [3.8, 4) is 10.6 Å². The highest BCUT2D eigenvalue weighted by atomic mass is 32.1. The summed E-state index contributed by atoms with van der Waals surface area (Å²) in [5.41, 5.74) is 2.38. The molecule has 0 atom stereocenters. The fraction of sp³-hybridized carbons (Fsp3) is 0.273. The third-order valence-electron chi connectivity index (χ3n) is 2.02. The van der Waals surface area contributed by atoms with Gasteiger partial charge in [0.2, 0.25) is 5.13 Å². The van der Waals surface area contributed by atoms with Crippen molar-refractivity contribution in [1.82, 2.24) is 10.2 Å². The fourth-order valence-electron chi connectivity index (χ4n) is 1.34. The van der Waals surface area contributed by atoms with Crippen LogP contribution in [0.25, 0.3) is 10.6 Å². The van der Waals surface area contributed by atoms with Gasteiger partial charge >= 0.3 is 0 Å². The Morgan fingerprint density at radius 2 is 2.20 bits per heavy atom. The summed E-state index contributed by atoms with van der Waals surface area (Å²) in [4.78, 5) is 0. The number of aryl methyl sites for hydroxylation is 1. The van der Waals surface area contributed by atoms with E-state index in [9.17, 15) is 0 Å². The predicted molar refractivity (Wildman–Crippen MR) is 64.2 cm³/mol. The van der Waals surface area contributed by atoms with Crippen molar-refractivity contribution < 1.29 is 0 Å². The minimum absolute atomic E-state index is 0.877. The van der Waals surface area contributed by atoms with Gasteiger partial charge in [-0.1, -0.05) is 35.1 Å². The van der Waals surface area contributed by atoms with Gasteiger partial charge in [-0.25, -0.2) is 0 Å². The molecule has 0 aliphatic rings. The van der Waals surface area contributed by atoms with Gasteiger partial charge in [0, 0.05) is 12.1 Å². The number of rotatable bonds is 3. The molecule has 0 aliphatic carbocycles. The van der Waals surface area contributed by atoms with E-state index in [2.05, 4.69) is 40.6 Å². The number of hydrogen-bond donors (Lipinski definition) is 1. The molecule has 1 N–H and O–H groups in total. The molecule has 0 amide bonds. The van der Waals surface area contributed by atoms with Crippen LogP contribution < -0.4 is 5.32 Å². The normalized spacial score (nSPS) is 10.3. The van der Waals surface area contributed by atoms with Crippen molar-refractivity contribution in [3.05, 3.63) is 29.8 Å². The standard InChI is InChI=1S/C11H13N3S/c1-3-12-11-14-13-10(15-11)9-6-4-5-8(2)7-9/h4-7H,3H2,1-2H3,(H,12,14). The summed E-state index contributed by atoms with van der Waals surface area (Å²) in [6.45, 7) is 5.01. The van der Waals surface area contributed by atoms with Crippen LogP contribution in [-0.2, 0) is 0 Å². The van der Waals surface area contributed by atoms with Gasteiger partial charge in [-0.3, -0.25) is 0 Å². The van der Waals surface area contributed by atoms with Crippen LogP contribution in [0, 0.1) is 6.92 Å². The lowest BCUT2D eigenvalue weighted by molar-refractivity contribution is 1.07. The molecule has 0 saturated heterocycles. The predicted octanol–water partition coefficient (Wildman–Crippen LogP) is 2.95. The van der Waals surface area contributed by atoms with Gasteiger partial charge in [0.05, 0.1) is 0 Å². The molecule has 0 aliphatic heterocycles. The maximum Gasteiger partial charge on any atom is 0.205 e. The van der Waals surface area contributed by atoms with Crippen LogP contribution in [0.15, 0.2) is 24.3 Å². The Morgan fingerprint density at radius 1 is 1.33 bits per heavy atom. The molecule has 0 radical (unpaired) electrons. The first-order valence-corrected chi connectivity index (χ1v) is 5.75. The molecule has 0 bridgehead atoms. The highest BCUT2D eigenvalue weighted by Gasteiger charge is 2.05. The van der Waals surface area contributed by atoms with E-state index in [1.807, 2.05) is 13.0 Å². The van der Waals surface area contributed by atoms with Gasteiger partial charge in [-0.05, 0) is 19.9 Å². The Hall–Kier alpha value is -1.42. The Labute approximate surface area is 93.2 Å². The molecular formula is C11H13N3S. The van der Waals surface area contributed by atoms with Crippen LogP contribution >= 0.6 is 11.3 Å². The zero-order valence-corrected chi connectivity index (χ0v) is 9.64. The molecule has 15 heavy (non-hydrogen) atoms. The summed E-state index contributed by atoms with van der Waals surface area (Å²) in [5, 5.41) is 13.2. The van der Waals surface area contributed by atoms with Crippen molar-refractivity contribution in [2.75, 3.05) is 11.9 Å². The summed E-state index contributed by atoms with van der Waals surface area (Å²) < 4.78 is 0. The summed E-state index contributed by atoms with van der Waals surface area (Å²) in [6, 6.07) is 8.30. The largest absolute Gasteiger partial charge is 0.360 e. The SMILES string of the molecule is CCNc1nnc(-c2cccc(C)c2)s1. The van der Waals surface area contributed by atoms with E-state index in [4.69, 9.17) is 0 Å².